The van der Waals surface area contributed by atoms with Gasteiger partial charge in [-0.05, 0) is 57.6 Å². The quantitative estimate of drug-likeness (QED) is 0.842. The molecule has 2 fully saturated rings. The zero-order valence-electron chi connectivity index (χ0n) is 14.1. The van der Waals surface area contributed by atoms with Crippen LogP contribution in [0.25, 0.3) is 0 Å². The van der Waals surface area contributed by atoms with Crippen molar-refractivity contribution in [1.82, 2.24) is 15.2 Å². The van der Waals surface area contributed by atoms with E-state index in [9.17, 15) is 4.79 Å². The van der Waals surface area contributed by atoms with Gasteiger partial charge in [0.15, 0.2) is 0 Å². The fraction of sp³-hybridized carbons (Fsp3) is 0.556. The predicted octanol–water partition coefficient (Wildman–Crippen LogP) is 4.43. The van der Waals surface area contributed by atoms with Crippen LogP contribution < -0.4 is 5.32 Å². The summed E-state index contributed by atoms with van der Waals surface area (Å²) in [4.78, 5) is 19.6. The standard InChI is InChI=1S/C18H23N3O2S/c1-11-10-24-17(19-11)16(13-5-6-13)20-18(22)21(14-7-8-14)12(2)15-4-3-9-23-15/h3-4,9-10,12-14,16H,5-8H2,1-2H3,(H,20,22)/t12-,16+/m1/s1. The molecule has 2 aromatic heterocycles. The van der Waals surface area contributed by atoms with E-state index < -0.39 is 0 Å². The van der Waals surface area contributed by atoms with Gasteiger partial charge in [0.25, 0.3) is 0 Å². The zero-order valence-corrected chi connectivity index (χ0v) is 14.9. The summed E-state index contributed by atoms with van der Waals surface area (Å²) in [7, 11) is 0. The number of thiazole rings is 1. The number of aryl methyl sites for hydroxylation is 1. The normalized spacial score (nSPS) is 19.8. The fourth-order valence-electron chi connectivity index (χ4n) is 3.21. The van der Waals surface area contributed by atoms with Crippen molar-refractivity contribution in [2.45, 2.75) is 57.7 Å². The van der Waals surface area contributed by atoms with Crippen LogP contribution in [0.1, 0.15) is 61.2 Å². The number of urea groups is 1. The van der Waals surface area contributed by atoms with Crippen LogP contribution in [0.5, 0.6) is 0 Å². The summed E-state index contributed by atoms with van der Waals surface area (Å²) in [6.45, 7) is 4.04. The molecule has 0 aliphatic heterocycles. The van der Waals surface area contributed by atoms with Crippen LogP contribution in [0.4, 0.5) is 4.79 Å². The smallest absolute Gasteiger partial charge is 0.318 e. The lowest BCUT2D eigenvalue weighted by Crippen LogP contribution is -2.44. The third-order valence-corrected chi connectivity index (χ3v) is 5.87. The SMILES string of the molecule is Cc1csc([C@@H](NC(=O)N(C2CC2)[C@H](C)c2ccco2)C2CC2)n1. The highest BCUT2D eigenvalue weighted by atomic mass is 32.1. The Morgan fingerprint density at radius 3 is 2.75 bits per heavy atom. The molecule has 4 rings (SSSR count). The summed E-state index contributed by atoms with van der Waals surface area (Å²) >= 11 is 1.65. The first kappa shape index (κ1) is 15.7. The van der Waals surface area contributed by atoms with Crippen LogP contribution in [0.15, 0.2) is 28.2 Å². The van der Waals surface area contributed by atoms with Gasteiger partial charge in [-0.15, -0.1) is 11.3 Å². The van der Waals surface area contributed by atoms with Crippen molar-refractivity contribution in [3.8, 4) is 0 Å². The van der Waals surface area contributed by atoms with Crippen LogP contribution in [0.3, 0.4) is 0 Å². The third-order valence-electron chi connectivity index (χ3n) is 4.82. The molecule has 2 amide bonds. The van der Waals surface area contributed by atoms with E-state index in [1.165, 1.54) is 12.8 Å². The molecule has 6 heteroatoms. The van der Waals surface area contributed by atoms with Gasteiger partial charge in [-0.1, -0.05) is 0 Å². The van der Waals surface area contributed by atoms with Crippen LogP contribution in [0, 0.1) is 12.8 Å². The average molecular weight is 345 g/mol. The Hall–Kier alpha value is -1.82. The van der Waals surface area contributed by atoms with E-state index in [0.29, 0.717) is 12.0 Å². The zero-order chi connectivity index (χ0) is 16.7. The maximum Gasteiger partial charge on any atom is 0.318 e. The lowest BCUT2D eigenvalue weighted by atomic mass is 10.2. The van der Waals surface area contributed by atoms with Crippen molar-refractivity contribution >= 4 is 17.4 Å². The molecule has 2 atom stereocenters. The van der Waals surface area contributed by atoms with Gasteiger partial charge in [0, 0.05) is 17.1 Å². The lowest BCUT2D eigenvalue weighted by Gasteiger charge is -2.30. The van der Waals surface area contributed by atoms with Gasteiger partial charge >= 0.3 is 6.03 Å². The van der Waals surface area contributed by atoms with Gasteiger partial charge in [0.2, 0.25) is 0 Å². The van der Waals surface area contributed by atoms with Gasteiger partial charge in [-0.3, -0.25) is 0 Å². The van der Waals surface area contributed by atoms with Gasteiger partial charge in [-0.25, -0.2) is 9.78 Å². The van der Waals surface area contributed by atoms with Crippen molar-refractivity contribution < 1.29 is 9.21 Å². The predicted molar refractivity (Wildman–Crippen MR) is 92.8 cm³/mol. The Kier molecular flexibility index (Phi) is 4.08. The first-order valence-electron chi connectivity index (χ1n) is 8.67. The second-order valence-electron chi connectivity index (χ2n) is 6.92. The van der Waals surface area contributed by atoms with Crippen molar-refractivity contribution in [3.63, 3.8) is 0 Å². The van der Waals surface area contributed by atoms with E-state index in [1.807, 2.05) is 30.9 Å². The van der Waals surface area contributed by atoms with Gasteiger partial charge in [-0.2, -0.15) is 0 Å². The molecule has 0 saturated heterocycles. The number of nitrogens with zero attached hydrogens (tertiary/aromatic N) is 2. The fourth-order valence-corrected chi connectivity index (χ4v) is 4.15. The van der Waals surface area contributed by atoms with E-state index in [1.54, 1.807) is 17.6 Å². The molecule has 2 aliphatic rings. The number of carbonyl (C=O) groups is 1. The molecule has 0 spiro atoms. The highest BCUT2D eigenvalue weighted by Gasteiger charge is 2.41. The molecule has 128 valence electrons. The number of rotatable bonds is 6. The Morgan fingerprint density at radius 2 is 2.21 bits per heavy atom. The van der Waals surface area contributed by atoms with E-state index >= 15 is 0 Å². The molecular formula is C18H23N3O2S. The molecular weight excluding hydrogens is 322 g/mol. The Balaban J connectivity index is 1.52. The van der Waals surface area contributed by atoms with Gasteiger partial charge in [0.05, 0.1) is 18.3 Å². The molecule has 2 heterocycles. The number of nitrogens with one attached hydrogen (secondary N) is 1. The van der Waals surface area contributed by atoms with Crippen LogP contribution in [0.2, 0.25) is 0 Å². The molecule has 0 aromatic carbocycles. The molecule has 0 bridgehead atoms. The van der Waals surface area contributed by atoms with E-state index in [2.05, 4.69) is 15.7 Å². The number of hydrogen-bond donors (Lipinski definition) is 1. The van der Waals surface area contributed by atoms with Gasteiger partial charge in [0.1, 0.15) is 10.8 Å². The molecule has 0 radical (unpaired) electrons. The van der Waals surface area contributed by atoms with E-state index in [0.717, 1.165) is 29.3 Å². The summed E-state index contributed by atoms with van der Waals surface area (Å²) in [6, 6.07) is 4.14. The summed E-state index contributed by atoms with van der Waals surface area (Å²) in [5.41, 5.74) is 1.03. The molecule has 1 N–H and O–H groups in total. The van der Waals surface area contributed by atoms with Crippen LogP contribution in [-0.2, 0) is 0 Å². The maximum absolute atomic E-state index is 13.0. The van der Waals surface area contributed by atoms with Crippen LogP contribution >= 0.6 is 11.3 Å². The number of amides is 2. The average Bonchev–Trinajstić information content (AvgIpc) is 3.47. The monoisotopic (exact) mass is 345 g/mol. The van der Waals surface area contributed by atoms with Gasteiger partial charge < -0.3 is 14.6 Å². The second-order valence-corrected chi connectivity index (χ2v) is 7.81. The molecule has 2 aromatic rings. The van der Waals surface area contributed by atoms with Crippen molar-refractivity contribution in [2.75, 3.05) is 0 Å². The molecule has 2 aliphatic carbocycles. The summed E-state index contributed by atoms with van der Waals surface area (Å²) in [6.07, 6.45) is 6.15. The molecule has 24 heavy (non-hydrogen) atoms. The number of aromatic nitrogens is 1. The van der Waals surface area contributed by atoms with Crippen molar-refractivity contribution in [1.29, 1.82) is 0 Å². The summed E-state index contributed by atoms with van der Waals surface area (Å²) < 4.78 is 5.53. The minimum atomic E-state index is -0.0506. The third kappa shape index (κ3) is 3.20. The van der Waals surface area contributed by atoms with E-state index in [-0.39, 0.29) is 18.1 Å². The second kappa shape index (κ2) is 6.24. The maximum atomic E-state index is 13.0. The largest absolute Gasteiger partial charge is 0.467 e. The first-order chi connectivity index (χ1) is 11.6. The highest BCUT2D eigenvalue weighted by molar-refractivity contribution is 7.09. The lowest BCUT2D eigenvalue weighted by molar-refractivity contribution is 0.161. The number of carbonyl (C=O) groups excluding carboxylic acids is 1. The Labute approximate surface area is 146 Å². The Morgan fingerprint density at radius 1 is 1.42 bits per heavy atom. The minimum absolute atomic E-state index is 0.00570. The first-order valence-corrected chi connectivity index (χ1v) is 9.55. The number of hydrogen-bond acceptors (Lipinski definition) is 4. The summed E-state index contributed by atoms with van der Waals surface area (Å²) in [5.74, 6) is 1.37. The highest BCUT2D eigenvalue weighted by Crippen LogP contribution is 2.42. The van der Waals surface area contributed by atoms with Crippen molar-refractivity contribution in [2.24, 2.45) is 5.92 Å². The van der Waals surface area contributed by atoms with Crippen LogP contribution in [-0.4, -0.2) is 22.0 Å². The number of furan rings is 1. The minimum Gasteiger partial charge on any atom is -0.467 e. The molecule has 0 unspecified atom stereocenters. The Bertz CT molecular complexity index is 704. The summed E-state index contributed by atoms with van der Waals surface area (Å²) in [5, 5.41) is 6.35. The van der Waals surface area contributed by atoms with Crippen molar-refractivity contribution in [3.05, 3.63) is 40.2 Å². The topological polar surface area (TPSA) is 58.4 Å². The molecule has 5 nitrogen and oxygen atoms in total. The van der Waals surface area contributed by atoms with E-state index in [4.69, 9.17) is 4.42 Å². The molecule has 2 saturated carbocycles.